The lowest BCUT2D eigenvalue weighted by Gasteiger charge is -2.18. The molecule has 6 heteroatoms. The molecule has 0 aliphatic heterocycles. The van der Waals surface area contributed by atoms with Gasteiger partial charge in [-0.15, -0.1) is 0 Å². The van der Waals surface area contributed by atoms with Crippen LogP contribution in [0.4, 0.5) is 0 Å². The van der Waals surface area contributed by atoms with Gasteiger partial charge in [-0.2, -0.15) is 0 Å². The summed E-state index contributed by atoms with van der Waals surface area (Å²) in [6.45, 7) is 5.36. The molecule has 0 aromatic rings. The Morgan fingerprint density at radius 1 is 1.41 bits per heavy atom. The van der Waals surface area contributed by atoms with Crippen LogP contribution >= 0.6 is 0 Å². The van der Waals surface area contributed by atoms with Crippen LogP contribution in [-0.2, 0) is 9.59 Å². The summed E-state index contributed by atoms with van der Waals surface area (Å²) in [7, 11) is 0. The first-order valence-corrected chi connectivity index (χ1v) is 5.75. The number of aliphatic hydroxyl groups is 1. The van der Waals surface area contributed by atoms with Crippen LogP contribution in [0, 0.1) is 0 Å². The number of aliphatic carboxylic acids is 1. The molecule has 6 nitrogen and oxygen atoms in total. The van der Waals surface area contributed by atoms with Gasteiger partial charge in [0.25, 0.3) is 0 Å². The van der Waals surface area contributed by atoms with Gasteiger partial charge in [-0.05, 0) is 20.3 Å². The number of carboxylic acids is 1. The van der Waals surface area contributed by atoms with Crippen molar-refractivity contribution < 1.29 is 19.8 Å². The Hall–Kier alpha value is -1.14. The molecule has 0 aromatic heterocycles. The summed E-state index contributed by atoms with van der Waals surface area (Å²) < 4.78 is 0. The first-order valence-electron chi connectivity index (χ1n) is 5.75. The predicted octanol–water partition coefficient (Wildman–Crippen LogP) is -0.284. The Morgan fingerprint density at radius 3 is 2.47 bits per heavy atom. The lowest BCUT2D eigenvalue weighted by atomic mass is 10.1. The fourth-order valence-electron chi connectivity index (χ4n) is 1.06. The quantitative estimate of drug-likeness (QED) is 0.441. The summed E-state index contributed by atoms with van der Waals surface area (Å²) in [6, 6.07) is 0.143. The van der Waals surface area contributed by atoms with Gasteiger partial charge in [0.05, 0.1) is 0 Å². The van der Waals surface area contributed by atoms with Crippen molar-refractivity contribution in [2.45, 2.75) is 45.3 Å². The van der Waals surface area contributed by atoms with Gasteiger partial charge >= 0.3 is 5.97 Å². The van der Waals surface area contributed by atoms with E-state index in [1.807, 2.05) is 13.8 Å². The Kier molecular flexibility index (Phi) is 6.75. The number of hydrogen-bond donors (Lipinski definition) is 4. The van der Waals surface area contributed by atoms with Gasteiger partial charge in [-0.1, -0.05) is 6.92 Å². The minimum Gasteiger partial charge on any atom is -0.479 e. The molecule has 2 atom stereocenters. The zero-order chi connectivity index (χ0) is 13.5. The maximum Gasteiger partial charge on any atom is 0.336 e. The monoisotopic (exact) mass is 246 g/mol. The lowest BCUT2D eigenvalue weighted by Crippen LogP contribution is -2.45. The standard InChI is InChI=1S/C11H22N2O4/c1-4-8(2)13-9(14)5-6-12-7-11(3,17)10(15)16/h8,12,17H,4-7H2,1-3H3,(H,13,14)(H,15,16). The number of hydrogen-bond acceptors (Lipinski definition) is 4. The molecule has 0 bridgehead atoms. The Bertz CT molecular complexity index is 266. The van der Waals surface area contributed by atoms with E-state index in [9.17, 15) is 14.7 Å². The molecule has 100 valence electrons. The molecule has 0 spiro atoms. The third-order valence-corrected chi connectivity index (χ3v) is 2.48. The second-order valence-corrected chi connectivity index (χ2v) is 4.38. The summed E-state index contributed by atoms with van der Waals surface area (Å²) in [5.41, 5.74) is -1.80. The van der Waals surface area contributed by atoms with E-state index in [2.05, 4.69) is 10.6 Å². The topological polar surface area (TPSA) is 98.7 Å². The third kappa shape index (κ3) is 6.91. The number of carbonyl (C=O) groups excluding carboxylic acids is 1. The maximum atomic E-state index is 11.3. The van der Waals surface area contributed by atoms with Gasteiger partial charge in [-0.25, -0.2) is 4.79 Å². The highest BCUT2D eigenvalue weighted by Crippen LogP contribution is 2.00. The molecule has 0 aliphatic rings. The highest BCUT2D eigenvalue weighted by atomic mass is 16.4. The summed E-state index contributed by atoms with van der Waals surface area (Å²) >= 11 is 0. The molecule has 0 saturated carbocycles. The van der Waals surface area contributed by atoms with E-state index in [1.54, 1.807) is 0 Å². The first-order chi connectivity index (χ1) is 7.79. The number of rotatable bonds is 8. The molecule has 0 radical (unpaired) electrons. The Balaban J connectivity index is 3.72. The van der Waals surface area contributed by atoms with Gasteiger partial charge in [0.1, 0.15) is 0 Å². The van der Waals surface area contributed by atoms with Crippen molar-refractivity contribution in [3.05, 3.63) is 0 Å². The van der Waals surface area contributed by atoms with Crippen LogP contribution in [0.15, 0.2) is 0 Å². The third-order valence-electron chi connectivity index (χ3n) is 2.48. The van der Waals surface area contributed by atoms with Crippen molar-refractivity contribution in [1.29, 1.82) is 0 Å². The van der Waals surface area contributed by atoms with E-state index in [0.717, 1.165) is 6.42 Å². The predicted molar refractivity (Wildman–Crippen MR) is 63.6 cm³/mol. The summed E-state index contributed by atoms with van der Waals surface area (Å²) in [5.74, 6) is -1.36. The fraction of sp³-hybridized carbons (Fsp3) is 0.818. The van der Waals surface area contributed by atoms with Crippen molar-refractivity contribution in [3.63, 3.8) is 0 Å². The molecule has 0 rings (SSSR count). The van der Waals surface area contributed by atoms with E-state index in [0.29, 0.717) is 6.54 Å². The summed E-state index contributed by atoms with van der Waals surface area (Å²) in [5, 5.41) is 23.5. The van der Waals surface area contributed by atoms with E-state index < -0.39 is 11.6 Å². The minimum absolute atomic E-state index is 0.0817. The van der Waals surface area contributed by atoms with Crippen molar-refractivity contribution in [3.8, 4) is 0 Å². The second-order valence-electron chi connectivity index (χ2n) is 4.38. The summed E-state index contributed by atoms with van der Waals surface area (Å²) in [6.07, 6.45) is 1.13. The number of amides is 1. The van der Waals surface area contributed by atoms with Gasteiger partial charge < -0.3 is 20.8 Å². The number of carbonyl (C=O) groups is 2. The van der Waals surface area contributed by atoms with Crippen LogP contribution in [0.5, 0.6) is 0 Å². The average molecular weight is 246 g/mol. The molecule has 2 unspecified atom stereocenters. The zero-order valence-corrected chi connectivity index (χ0v) is 10.6. The molecular formula is C11H22N2O4. The average Bonchev–Trinajstić information content (AvgIpc) is 2.24. The Labute approximate surface area is 101 Å². The van der Waals surface area contributed by atoms with Crippen molar-refractivity contribution in [2.75, 3.05) is 13.1 Å². The van der Waals surface area contributed by atoms with Crippen LogP contribution in [-0.4, -0.2) is 46.8 Å². The van der Waals surface area contributed by atoms with Crippen LogP contribution in [0.1, 0.15) is 33.6 Å². The van der Waals surface area contributed by atoms with Crippen LogP contribution < -0.4 is 10.6 Å². The molecule has 17 heavy (non-hydrogen) atoms. The molecule has 0 aromatic carbocycles. The number of nitrogens with one attached hydrogen (secondary N) is 2. The van der Waals surface area contributed by atoms with Crippen LogP contribution in [0.3, 0.4) is 0 Å². The summed E-state index contributed by atoms with van der Waals surface area (Å²) in [4.78, 5) is 21.9. The van der Waals surface area contributed by atoms with Gasteiger partial charge in [0.2, 0.25) is 5.91 Å². The maximum absolute atomic E-state index is 11.3. The zero-order valence-electron chi connectivity index (χ0n) is 10.6. The molecule has 0 fully saturated rings. The molecule has 1 amide bonds. The SMILES string of the molecule is CCC(C)NC(=O)CCNCC(C)(O)C(=O)O. The molecule has 0 aliphatic carbocycles. The van der Waals surface area contributed by atoms with E-state index in [4.69, 9.17) is 5.11 Å². The smallest absolute Gasteiger partial charge is 0.336 e. The minimum atomic E-state index is -1.80. The van der Waals surface area contributed by atoms with Crippen LogP contribution in [0.2, 0.25) is 0 Å². The van der Waals surface area contributed by atoms with E-state index in [1.165, 1.54) is 6.92 Å². The lowest BCUT2D eigenvalue weighted by molar-refractivity contribution is -0.156. The molecule has 0 heterocycles. The van der Waals surface area contributed by atoms with Crippen LogP contribution in [0.25, 0.3) is 0 Å². The van der Waals surface area contributed by atoms with Crippen molar-refractivity contribution in [2.24, 2.45) is 0 Å². The first kappa shape index (κ1) is 15.9. The van der Waals surface area contributed by atoms with E-state index >= 15 is 0 Å². The van der Waals surface area contributed by atoms with Gasteiger partial charge in [0.15, 0.2) is 5.60 Å². The second kappa shape index (κ2) is 7.24. The normalized spacial score (nSPS) is 16.0. The van der Waals surface area contributed by atoms with Crippen molar-refractivity contribution in [1.82, 2.24) is 10.6 Å². The molecule has 0 saturated heterocycles. The Morgan fingerprint density at radius 2 is 2.00 bits per heavy atom. The van der Waals surface area contributed by atoms with E-state index in [-0.39, 0.29) is 24.9 Å². The number of carboxylic acid groups (broad SMARTS) is 1. The molecular weight excluding hydrogens is 224 g/mol. The molecule has 4 N–H and O–H groups in total. The highest BCUT2D eigenvalue weighted by Gasteiger charge is 2.28. The van der Waals surface area contributed by atoms with Gasteiger partial charge in [0, 0.05) is 25.6 Å². The fourth-order valence-corrected chi connectivity index (χ4v) is 1.06. The van der Waals surface area contributed by atoms with Crippen molar-refractivity contribution >= 4 is 11.9 Å². The largest absolute Gasteiger partial charge is 0.479 e. The highest BCUT2D eigenvalue weighted by molar-refractivity contribution is 5.77. The van der Waals surface area contributed by atoms with Gasteiger partial charge in [-0.3, -0.25) is 4.79 Å².